The molecule has 1 aliphatic carbocycles. The van der Waals surface area contributed by atoms with E-state index in [2.05, 4.69) is 26.4 Å². The Balaban J connectivity index is 1.66. The summed E-state index contributed by atoms with van der Waals surface area (Å²) < 4.78 is 47.7. The lowest BCUT2D eigenvalue weighted by Gasteiger charge is -2.36. The van der Waals surface area contributed by atoms with Gasteiger partial charge in [-0.05, 0) is 64.7 Å². The molecule has 0 radical (unpaired) electrons. The molecule has 1 aliphatic heterocycles. The largest absolute Gasteiger partial charge is 0.489 e. The van der Waals surface area contributed by atoms with E-state index in [4.69, 9.17) is 13.9 Å². The second kappa shape index (κ2) is 12.9. The lowest BCUT2D eigenvalue weighted by Crippen LogP contribution is -2.55. The molecule has 1 saturated heterocycles. The van der Waals surface area contributed by atoms with Crippen molar-refractivity contribution in [1.29, 1.82) is 5.26 Å². The number of amides is 3. The number of piperidine rings is 1. The molecular weight excluding hydrogens is 584 g/mol. The van der Waals surface area contributed by atoms with Crippen molar-refractivity contribution in [1.82, 2.24) is 20.5 Å². The highest BCUT2D eigenvalue weighted by Gasteiger charge is 2.39. The number of nitrogens with one attached hydrogen (secondary N) is 2. The molecule has 1 aromatic heterocycles. The Bertz CT molecular complexity index is 1420. The van der Waals surface area contributed by atoms with Crippen LogP contribution in [0.4, 0.5) is 18.4 Å². The van der Waals surface area contributed by atoms with Crippen molar-refractivity contribution in [3.63, 3.8) is 0 Å². The number of carbonyl (C=O) groups excluding carboxylic acids is 2. The fraction of sp³-hybridized carbons (Fsp3) is 0.552. The van der Waals surface area contributed by atoms with E-state index in [1.807, 2.05) is 0 Å². The van der Waals surface area contributed by atoms with Crippen molar-refractivity contribution < 1.29 is 46.9 Å². The van der Waals surface area contributed by atoms with E-state index >= 15 is 0 Å². The van der Waals surface area contributed by atoms with Crippen LogP contribution in [0.2, 0.25) is 0 Å². The molecular formula is C29H35F2N5O8. The van der Waals surface area contributed by atoms with Gasteiger partial charge in [0.25, 0.3) is 5.91 Å². The van der Waals surface area contributed by atoms with Crippen LogP contribution in [0.3, 0.4) is 0 Å². The number of nitrogens with zero attached hydrogens (tertiary/aromatic N) is 3. The topological polar surface area (TPSA) is 176 Å². The molecule has 2 fully saturated rings. The van der Waals surface area contributed by atoms with Crippen molar-refractivity contribution in [2.45, 2.75) is 77.2 Å². The number of hydrogen-bond acceptors (Lipinski definition) is 9. The van der Waals surface area contributed by atoms with Crippen molar-refractivity contribution in [2.24, 2.45) is 5.92 Å². The number of likely N-dealkylation sites (tertiary alicyclic amines) is 1. The van der Waals surface area contributed by atoms with E-state index in [0.29, 0.717) is 12.5 Å². The summed E-state index contributed by atoms with van der Waals surface area (Å²) in [5.74, 6) is -0.772. The number of alkyl halides is 2. The lowest BCUT2D eigenvalue weighted by atomic mass is 9.89. The molecule has 238 valence electrons. The Labute approximate surface area is 252 Å². The van der Waals surface area contributed by atoms with Crippen LogP contribution in [0.1, 0.15) is 75.7 Å². The number of ether oxygens (including phenoxy) is 3. The molecule has 0 spiro atoms. The van der Waals surface area contributed by atoms with Crippen LogP contribution in [-0.2, 0) is 4.74 Å². The number of alkyl carbamates (subject to hydrolysis) is 1. The number of oxazole rings is 1. The highest BCUT2D eigenvalue weighted by molar-refractivity contribution is 5.95. The monoisotopic (exact) mass is 619 g/mol. The normalized spacial score (nSPS) is 16.9. The minimum absolute atomic E-state index is 0.0351. The Morgan fingerprint density at radius 2 is 1.91 bits per heavy atom. The van der Waals surface area contributed by atoms with Crippen LogP contribution < -0.4 is 20.1 Å². The van der Waals surface area contributed by atoms with Crippen molar-refractivity contribution in [3.8, 4) is 29.0 Å². The number of carboxylic acid groups (broad SMARTS) is 1. The van der Waals surface area contributed by atoms with E-state index in [1.54, 1.807) is 27.7 Å². The third-order valence-corrected chi connectivity index (χ3v) is 7.03. The second-order valence-corrected chi connectivity index (χ2v) is 11.8. The zero-order chi connectivity index (χ0) is 32.2. The lowest BCUT2D eigenvalue weighted by molar-refractivity contribution is -0.0515. The van der Waals surface area contributed by atoms with Gasteiger partial charge in [0.05, 0.1) is 18.7 Å². The summed E-state index contributed by atoms with van der Waals surface area (Å²) in [6.07, 6.45) is 0.105. The minimum atomic E-state index is -3.08. The minimum Gasteiger partial charge on any atom is -0.489 e. The summed E-state index contributed by atoms with van der Waals surface area (Å²) in [4.78, 5) is 43.0. The molecule has 0 unspecified atom stereocenters. The van der Waals surface area contributed by atoms with Crippen molar-refractivity contribution in [2.75, 3.05) is 19.7 Å². The smallest absolute Gasteiger partial charge is 0.408 e. The van der Waals surface area contributed by atoms with Gasteiger partial charge in [-0.3, -0.25) is 4.79 Å². The van der Waals surface area contributed by atoms with Gasteiger partial charge >= 0.3 is 18.8 Å². The van der Waals surface area contributed by atoms with Crippen LogP contribution >= 0.6 is 0 Å². The first-order valence-corrected chi connectivity index (χ1v) is 14.1. The average molecular weight is 620 g/mol. The predicted molar refractivity (Wildman–Crippen MR) is 149 cm³/mol. The van der Waals surface area contributed by atoms with E-state index in [0.717, 1.165) is 17.7 Å². The van der Waals surface area contributed by atoms with Gasteiger partial charge in [0, 0.05) is 31.5 Å². The summed E-state index contributed by atoms with van der Waals surface area (Å²) in [6.45, 7) is 3.89. The Morgan fingerprint density at radius 3 is 2.48 bits per heavy atom. The van der Waals surface area contributed by atoms with Gasteiger partial charge in [-0.1, -0.05) is 0 Å². The quantitative estimate of drug-likeness (QED) is 0.325. The first kappa shape index (κ1) is 32.3. The molecule has 2 aliphatic rings. The number of halogens is 2. The molecule has 13 nitrogen and oxygen atoms in total. The van der Waals surface area contributed by atoms with Gasteiger partial charge in [-0.2, -0.15) is 14.0 Å². The molecule has 1 aromatic carbocycles. The zero-order valence-electron chi connectivity index (χ0n) is 24.8. The van der Waals surface area contributed by atoms with Gasteiger partial charge < -0.3 is 39.3 Å². The number of aromatic nitrogens is 1. The third kappa shape index (κ3) is 8.27. The Morgan fingerprint density at radius 1 is 1.23 bits per heavy atom. The van der Waals surface area contributed by atoms with Crippen LogP contribution in [-0.4, -0.2) is 70.5 Å². The summed E-state index contributed by atoms with van der Waals surface area (Å²) in [6, 6.07) is 5.23. The highest BCUT2D eigenvalue weighted by Crippen LogP contribution is 2.37. The predicted octanol–water partition coefficient (Wildman–Crippen LogP) is 5.08. The van der Waals surface area contributed by atoms with Gasteiger partial charge in [-0.15, -0.1) is 0 Å². The average Bonchev–Trinajstić information content (AvgIpc) is 3.66. The maximum atomic E-state index is 13.6. The summed E-state index contributed by atoms with van der Waals surface area (Å²) in [5, 5.41) is 24.5. The number of nitriles is 1. The Hall–Kier alpha value is -4.61. The third-order valence-electron chi connectivity index (χ3n) is 7.03. The van der Waals surface area contributed by atoms with Crippen LogP contribution in [0.25, 0.3) is 11.5 Å². The maximum absolute atomic E-state index is 13.6. The summed E-state index contributed by atoms with van der Waals surface area (Å²) in [5.41, 5.74) is -2.15. The van der Waals surface area contributed by atoms with E-state index in [1.165, 1.54) is 18.2 Å². The van der Waals surface area contributed by atoms with Gasteiger partial charge in [0.2, 0.25) is 5.89 Å². The molecule has 44 heavy (non-hydrogen) atoms. The second-order valence-electron chi connectivity index (χ2n) is 11.8. The van der Waals surface area contributed by atoms with E-state index in [-0.39, 0.29) is 60.3 Å². The SMILES string of the molecule is C[C@H](NC(=O)OC(C)(C)C)c1oc(-c2ccc(OC(F)F)c(OCC3CC3)c2)nc1C(=O)NC1(C#N)CCN(C(=O)O)CC1. The molecule has 1 saturated carbocycles. The van der Waals surface area contributed by atoms with Crippen LogP contribution in [0, 0.1) is 17.2 Å². The fourth-order valence-electron chi connectivity index (χ4n) is 4.52. The highest BCUT2D eigenvalue weighted by atomic mass is 19.3. The number of benzene rings is 1. The molecule has 0 bridgehead atoms. The summed E-state index contributed by atoms with van der Waals surface area (Å²) in [7, 11) is 0. The molecule has 15 heteroatoms. The van der Waals surface area contributed by atoms with Gasteiger partial charge in [-0.25, -0.2) is 14.6 Å². The molecule has 1 atom stereocenters. The Kier molecular flexibility index (Phi) is 9.50. The molecule has 3 N–H and O–H groups in total. The number of carbonyl (C=O) groups is 3. The van der Waals surface area contributed by atoms with Crippen LogP contribution in [0.15, 0.2) is 22.6 Å². The van der Waals surface area contributed by atoms with Gasteiger partial charge in [0.15, 0.2) is 23.0 Å². The molecule has 3 amide bonds. The van der Waals surface area contributed by atoms with Crippen molar-refractivity contribution >= 4 is 18.1 Å². The standard InChI is InChI=1S/C29H35F2N5O8/c1-16(33-26(38)44-28(2,3)4)22-21(23(37)35-29(15-32)9-11-36(12-10-29)27(39)40)34-24(43-22)18-7-8-19(42-25(30)31)20(13-18)41-14-17-5-6-17/h7-8,13,16-17,25H,5-6,9-12,14H2,1-4H3,(H,33,38)(H,35,37)(H,39,40)/t16-/m0/s1. The molecule has 4 rings (SSSR count). The maximum Gasteiger partial charge on any atom is 0.408 e. The number of hydrogen-bond donors (Lipinski definition) is 3. The zero-order valence-corrected chi connectivity index (χ0v) is 24.8. The first-order valence-electron chi connectivity index (χ1n) is 14.1. The summed E-state index contributed by atoms with van der Waals surface area (Å²) >= 11 is 0. The number of rotatable bonds is 10. The van der Waals surface area contributed by atoms with Crippen molar-refractivity contribution in [3.05, 3.63) is 29.7 Å². The van der Waals surface area contributed by atoms with E-state index in [9.17, 15) is 33.5 Å². The fourth-order valence-corrected chi connectivity index (χ4v) is 4.52. The molecule has 2 aromatic rings. The van der Waals surface area contributed by atoms with Crippen LogP contribution in [0.5, 0.6) is 11.5 Å². The molecule has 2 heterocycles. The van der Waals surface area contributed by atoms with Gasteiger partial charge in [0.1, 0.15) is 11.1 Å². The first-order chi connectivity index (χ1) is 20.7. The van der Waals surface area contributed by atoms with E-state index < -0.39 is 41.9 Å².